The minimum atomic E-state index is 0.674. The third-order valence-corrected chi connectivity index (χ3v) is 4.15. The maximum Gasteiger partial charge on any atom is 0.128 e. The number of halogens is 1. The minimum absolute atomic E-state index is 0.674. The molecule has 0 aliphatic rings. The number of benzene rings is 1. The van der Waals surface area contributed by atoms with Crippen molar-refractivity contribution in [3.05, 3.63) is 47.0 Å². The van der Waals surface area contributed by atoms with Crippen LogP contribution in [0.15, 0.2) is 35.4 Å². The van der Waals surface area contributed by atoms with Gasteiger partial charge < -0.3 is 4.57 Å². The van der Waals surface area contributed by atoms with E-state index in [-0.39, 0.29) is 0 Å². The molecular weight excluding hydrogens is 278 g/mol. The minimum Gasteiger partial charge on any atom is -0.321 e. The lowest BCUT2D eigenvalue weighted by molar-refractivity contribution is 0.307. The largest absolute Gasteiger partial charge is 0.321 e. The maximum atomic E-state index is 5.99. The van der Waals surface area contributed by atoms with Crippen molar-refractivity contribution in [3.63, 3.8) is 0 Å². The Bertz CT molecular complexity index is 536. The molecule has 1 aromatic carbocycles. The van der Waals surface area contributed by atoms with Crippen LogP contribution in [0.1, 0.15) is 11.4 Å². The van der Waals surface area contributed by atoms with Gasteiger partial charge in [-0.25, -0.2) is 4.98 Å². The fourth-order valence-corrected chi connectivity index (χ4v) is 2.47. The van der Waals surface area contributed by atoms with E-state index in [1.165, 1.54) is 10.5 Å². The summed E-state index contributed by atoms with van der Waals surface area (Å²) in [7, 11) is 4.02. The van der Waals surface area contributed by atoms with Crippen molar-refractivity contribution >= 4 is 23.4 Å². The number of rotatable bonds is 5. The molecule has 0 spiro atoms. The summed E-state index contributed by atoms with van der Waals surface area (Å²) in [4.78, 5) is 7.83. The van der Waals surface area contributed by atoms with Crippen LogP contribution in [0.5, 0.6) is 0 Å². The molecular formula is C14H18ClN3S. The second kappa shape index (κ2) is 6.46. The molecule has 2 rings (SSSR count). The Labute approximate surface area is 123 Å². The molecule has 0 fully saturated rings. The van der Waals surface area contributed by atoms with E-state index in [1.807, 2.05) is 11.6 Å². The summed E-state index contributed by atoms with van der Waals surface area (Å²) in [6.45, 7) is 1.69. The van der Waals surface area contributed by atoms with Crippen LogP contribution in [0.25, 0.3) is 0 Å². The molecule has 0 N–H and O–H groups in total. The fourth-order valence-electron chi connectivity index (χ4n) is 1.91. The Morgan fingerprint density at radius 3 is 2.47 bits per heavy atom. The smallest absolute Gasteiger partial charge is 0.128 e. The summed E-state index contributed by atoms with van der Waals surface area (Å²) in [5, 5.41) is 0.674. The lowest BCUT2D eigenvalue weighted by Gasteiger charge is -2.16. The standard InChI is InChI=1S/C14H18ClN3S/c1-17(10-14-16-8-13(15)18(14)2)9-11-4-6-12(19-3)7-5-11/h4-8H,9-10H2,1-3H3. The van der Waals surface area contributed by atoms with E-state index in [1.54, 1.807) is 18.0 Å². The SMILES string of the molecule is CSc1ccc(CN(C)Cc2ncc(Cl)n2C)cc1. The Morgan fingerprint density at radius 1 is 1.26 bits per heavy atom. The van der Waals surface area contributed by atoms with Gasteiger partial charge in [-0.05, 0) is 31.0 Å². The molecule has 0 bridgehead atoms. The zero-order chi connectivity index (χ0) is 13.8. The summed E-state index contributed by atoms with van der Waals surface area (Å²) in [5.74, 6) is 0.980. The Balaban J connectivity index is 1.96. The first-order chi connectivity index (χ1) is 9.10. The van der Waals surface area contributed by atoms with Gasteiger partial charge in [-0.2, -0.15) is 0 Å². The van der Waals surface area contributed by atoms with Crippen LogP contribution < -0.4 is 0 Å². The Kier molecular flexibility index (Phi) is 4.91. The van der Waals surface area contributed by atoms with Gasteiger partial charge in [-0.1, -0.05) is 23.7 Å². The lowest BCUT2D eigenvalue weighted by Crippen LogP contribution is -2.19. The molecule has 0 radical (unpaired) electrons. The quantitative estimate of drug-likeness (QED) is 0.789. The van der Waals surface area contributed by atoms with Crippen molar-refractivity contribution in [3.8, 4) is 0 Å². The summed E-state index contributed by atoms with van der Waals surface area (Å²) in [5.41, 5.74) is 1.31. The second-order valence-electron chi connectivity index (χ2n) is 4.58. The highest BCUT2D eigenvalue weighted by atomic mass is 35.5. The highest BCUT2D eigenvalue weighted by Gasteiger charge is 2.08. The van der Waals surface area contributed by atoms with E-state index in [4.69, 9.17) is 11.6 Å². The van der Waals surface area contributed by atoms with Gasteiger partial charge in [-0.3, -0.25) is 4.90 Å². The molecule has 0 unspecified atom stereocenters. The molecule has 0 saturated carbocycles. The van der Waals surface area contributed by atoms with Crippen LogP contribution in [0.2, 0.25) is 5.15 Å². The van der Waals surface area contributed by atoms with Crippen LogP contribution in [-0.4, -0.2) is 27.8 Å². The van der Waals surface area contributed by atoms with E-state index in [9.17, 15) is 0 Å². The summed E-state index contributed by atoms with van der Waals surface area (Å²) in [6.07, 6.45) is 3.78. The van der Waals surface area contributed by atoms with E-state index < -0.39 is 0 Å². The lowest BCUT2D eigenvalue weighted by atomic mass is 10.2. The van der Waals surface area contributed by atoms with Gasteiger partial charge in [0, 0.05) is 18.5 Å². The maximum absolute atomic E-state index is 5.99. The van der Waals surface area contributed by atoms with Crippen LogP contribution in [0.3, 0.4) is 0 Å². The molecule has 2 aromatic rings. The van der Waals surface area contributed by atoms with E-state index in [0.717, 1.165) is 18.9 Å². The monoisotopic (exact) mass is 295 g/mol. The van der Waals surface area contributed by atoms with Crippen LogP contribution >= 0.6 is 23.4 Å². The zero-order valence-electron chi connectivity index (χ0n) is 11.4. The van der Waals surface area contributed by atoms with Gasteiger partial charge in [0.15, 0.2) is 0 Å². The van der Waals surface area contributed by atoms with Gasteiger partial charge in [0.1, 0.15) is 11.0 Å². The van der Waals surface area contributed by atoms with E-state index in [0.29, 0.717) is 5.15 Å². The average Bonchev–Trinajstić information content (AvgIpc) is 2.71. The number of aromatic nitrogens is 2. The van der Waals surface area contributed by atoms with Gasteiger partial charge in [0.25, 0.3) is 0 Å². The summed E-state index contributed by atoms with van der Waals surface area (Å²) in [6, 6.07) is 8.67. The van der Waals surface area contributed by atoms with Crippen molar-refractivity contribution in [1.29, 1.82) is 0 Å². The number of nitrogens with zero attached hydrogens (tertiary/aromatic N) is 3. The molecule has 19 heavy (non-hydrogen) atoms. The van der Waals surface area contributed by atoms with Crippen molar-refractivity contribution < 1.29 is 0 Å². The number of imidazole rings is 1. The molecule has 0 saturated heterocycles. The second-order valence-corrected chi connectivity index (χ2v) is 5.84. The topological polar surface area (TPSA) is 21.1 Å². The van der Waals surface area contributed by atoms with Crippen LogP contribution in [0, 0.1) is 0 Å². The van der Waals surface area contributed by atoms with Gasteiger partial charge in [-0.15, -0.1) is 11.8 Å². The summed E-state index contributed by atoms with van der Waals surface area (Å²) < 4.78 is 1.91. The first-order valence-corrected chi connectivity index (χ1v) is 7.68. The van der Waals surface area contributed by atoms with Gasteiger partial charge >= 0.3 is 0 Å². The molecule has 0 atom stereocenters. The van der Waals surface area contributed by atoms with Crippen molar-refractivity contribution in [1.82, 2.24) is 14.5 Å². The summed E-state index contributed by atoms with van der Waals surface area (Å²) >= 11 is 7.75. The molecule has 5 heteroatoms. The average molecular weight is 296 g/mol. The van der Waals surface area contributed by atoms with Crippen molar-refractivity contribution in [2.24, 2.45) is 7.05 Å². The van der Waals surface area contributed by atoms with E-state index >= 15 is 0 Å². The zero-order valence-corrected chi connectivity index (χ0v) is 13.0. The van der Waals surface area contributed by atoms with Crippen LogP contribution in [-0.2, 0) is 20.1 Å². The number of hydrogen-bond acceptors (Lipinski definition) is 3. The fraction of sp³-hybridized carbons (Fsp3) is 0.357. The van der Waals surface area contributed by atoms with Gasteiger partial charge in [0.05, 0.1) is 12.7 Å². The number of hydrogen-bond donors (Lipinski definition) is 0. The number of thioether (sulfide) groups is 1. The molecule has 0 aliphatic carbocycles. The predicted octanol–water partition coefficient (Wildman–Crippen LogP) is 3.43. The highest BCUT2D eigenvalue weighted by Crippen LogP contribution is 2.16. The molecule has 3 nitrogen and oxygen atoms in total. The normalized spacial score (nSPS) is 11.2. The Morgan fingerprint density at radius 2 is 1.95 bits per heavy atom. The third-order valence-electron chi connectivity index (χ3n) is 3.05. The first-order valence-electron chi connectivity index (χ1n) is 6.07. The van der Waals surface area contributed by atoms with Gasteiger partial charge in [0.2, 0.25) is 0 Å². The van der Waals surface area contributed by atoms with E-state index in [2.05, 4.69) is 47.5 Å². The Hall–Kier alpha value is -0.970. The molecule has 102 valence electrons. The highest BCUT2D eigenvalue weighted by molar-refractivity contribution is 7.98. The molecule has 0 amide bonds. The van der Waals surface area contributed by atoms with Crippen molar-refractivity contribution in [2.75, 3.05) is 13.3 Å². The molecule has 1 aromatic heterocycles. The first kappa shape index (κ1) is 14.4. The van der Waals surface area contributed by atoms with Crippen molar-refractivity contribution in [2.45, 2.75) is 18.0 Å². The molecule has 0 aliphatic heterocycles. The van der Waals surface area contributed by atoms with Crippen LogP contribution in [0.4, 0.5) is 0 Å². The third kappa shape index (κ3) is 3.75. The predicted molar refractivity (Wildman–Crippen MR) is 81.6 cm³/mol. The molecule has 1 heterocycles.